The first-order chi connectivity index (χ1) is 11.6. The van der Waals surface area contributed by atoms with Crippen LogP contribution in [-0.4, -0.2) is 62.7 Å². The Balaban J connectivity index is 1.47. The van der Waals surface area contributed by atoms with Crippen LogP contribution in [0.15, 0.2) is 24.3 Å². The van der Waals surface area contributed by atoms with Gasteiger partial charge >= 0.3 is 0 Å². The van der Waals surface area contributed by atoms with Crippen LogP contribution < -0.4 is 10.2 Å². The third kappa shape index (κ3) is 4.13. The van der Waals surface area contributed by atoms with Gasteiger partial charge in [-0.2, -0.15) is 0 Å². The molecule has 0 spiro atoms. The third-order valence-corrected chi connectivity index (χ3v) is 4.67. The standard InChI is InChI=1S/C18H25N3O3/c1-14-2-4-16(5-3-14)21-13-15(12-17(21)22)18(23)19-6-7-20-8-10-24-11-9-20/h2-5,15H,6-13H2,1H3,(H,19,23)/t15-/m1/s1. The molecule has 6 heteroatoms. The van der Waals surface area contributed by atoms with Gasteiger partial charge in [-0.15, -0.1) is 0 Å². The topological polar surface area (TPSA) is 61.9 Å². The van der Waals surface area contributed by atoms with E-state index in [4.69, 9.17) is 4.74 Å². The van der Waals surface area contributed by atoms with Crippen LogP contribution in [0.25, 0.3) is 0 Å². The molecule has 2 saturated heterocycles. The molecule has 3 rings (SSSR count). The average Bonchev–Trinajstić information content (AvgIpc) is 2.98. The highest BCUT2D eigenvalue weighted by Crippen LogP contribution is 2.25. The summed E-state index contributed by atoms with van der Waals surface area (Å²) in [5.74, 6) is -0.262. The smallest absolute Gasteiger partial charge is 0.227 e. The Kier molecular flexibility index (Phi) is 5.48. The van der Waals surface area contributed by atoms with Gasteiger partial charge in [-0.25, -0.2) is 0 Å². The molecule has 2 heterocycles. The number of nitrogens with zero attached hydrogens (tertiary/aromatic N) is 2. The molecule has 2 aliphatic rings. The van der Waals surface area contributed by atoms with E-state index in [-0.39, 0.29) is 24.2 Å². The second kappa shape index (κ2) is 7.77. The van der Waals surface area contributed by atoms with Crippen molar-refractivity contribution in [3.8, 4) is 0 Å². The van der Waals surface area contributed by atoms with E-state index in [2.05, 4.69) is 10.2 Å². The molecule has 1 N–H and O–H groups in total. The van der Waals surface area contributed by atoms with Crippen molar-refractivity contribution in [2.45, 2.75) is 13.3 Å². The van der Waals surface area contributed by atoms with E-state index in [1.807, 2.05) is 31.2 Å². The minimum absolute atomic E-state index is 0.0205. The number of carbonyl (C=O) groups excluding carboxylic acids is 2. The van der Waals surface area contributed by atoms with Gasteiger partial charge in [0.05, 0.1) is 19.1 Å². The number of morpholine rings is 1. The Labute approximate surface area is 142 Å². The normalized spacial score (nSPS) is 22.0. The van der Waals surface area contributed by atoms with Gasteiger partial charge in [-0.3, -0.25) is 14.5 Å². The van der Waals surface area contributed by atoms with Crippen LogP contribution in [0.2, 0.25) is 0 Å². The number of hydrogen-bond acceptors (Lipinski definition) is 4. The van der Waals surface area contributed by atoms with Crippen molar-refractivity contribution in [1.82, 2.24) is 10.2 Å². The number of nitrogens with one attached hydrogen (secondary N) is 1. The van der Waals surface area contributed by atoms with Gasteiger partial charge < -0.3 is 15.0 Å². The molecule has 0 aliphatic carbocycles. The van der Waals surface area contributed by atoms with Crippen LogP contribution >= 0.6 is 0 Å². The molecule has 0 aromatic heterocycles. The zero-order chi connectivity index (χ0) is 16.9. The number of aryl methyl sites for hydroxylation is 1. The lowest BCUT2D eigenvalue weighted by Crippen LogP contribution is -2.42. The Morgan fingerprint density at radius 3 is 2.67 bits per heavy atom. The molecule has 1 aromatic rings. The van der Waals surface area contributed by atoms with E-state index >= 15 is 0 Å². The summed E-state index contributed by atoms with van der Waals surface area (Å²) in [7, 11) is 0. The molecule has 0 unspecified atom stereocenters. The molecule has 2 fully saturated rings. The van der Waals surface area contributed by atoms with Crippen molar-refractivity contribution in [2.75, 3.05) is 50.8 Å². The maximum Gasteiger partial charge on any atom is 0.227 e. The van der Waals surface area contributed by atoms with E-state index in [9.17, 15) is 9.59 Å². The second-order valence-electron chi connectivity index (χ2n) is 6.49. The van der Waals surface area contributed by atoms with Crippen LogP contribution in [0.4, 0.5) is 5.69 Å². The van der Waals surface area contributed by atoms with Crippen LogP contribution in [0.5, 0.6) is 0 Å². The summed E-state index contributed by atoms with van der Waals surface area (Å²) in [4.78, 5) is 28.5. The molecule has 2 aliphatic heterocycles. The first kappa shape index (κ1) is 16.9. The van der Waals surface area contributed by atoms with E-state index in [1.165, 1.54) is 0 Å². The zero-order valence-electron chi connectivity index (χ0n) is 14.2. The summed E-state index contributed by atoms with van der Waals surface area (Å²) in [6.07, 6.45) is 0.289. The maximum atomic E-state index is 12.3. The van der Waals surface area contributed by atoms with Crippen molar-refractivity contribution in [2.24, 2.45) is 5.92 Å². The number of carbonyl (C=O) groups is 2. The predicted molar refractivity (Wildman–Crippen MR) is 91.9 cm³/mol. The maximum absolute atomic E-state index is 12.3. The van der Waals surface area contributed by atoms with E-state index < -0.39 is 0 Å². The fourth-order valence-electron chi connectivity index (χ4n) is 3.16. The van der Waals surface area contributed by atoms with Crippen molar-refractivity contribution in [3.63, 3.8) is 0 Å². The minimum Gasteiger partial charge on any atom is -0.379 e. The van der Waals surface area contributed by atoms with Gasteiger partial charge in [-0.05, 0) is 19.1 Å². The highest BCUT2D eigenvalue weighted by molar-refractivity contribution is 6.00. The summed E-state index contributed by atoms with van der Waals surface area (Å²) in [6, 6.07) is 7.84. The predicted octanol–water partition coefficient (Wildman–Crippen LogP) is 0.796. The number of ether oxygens (including phenoxy) is 1. The zero-order valence-corrected chi connectivity index (χ0v) is 14.2. The fraction of sp³-hybridized carbons (Fsp3) is 0.556. The Bertz CT molecular complexity index is 582. The first-order valence-electron chi connectivity index (χ1n) is 8.58. The van der Waals surface area contributed by atoms with Gasteiger partial charge in [0.25, 0.3) is 0 Å². The van der Waals surface area contributed by atoms with Gasteiger partial charge in [0.1, 0.15) is 0 Å². The van der Waals surface area contributed by atoms with Gasteiger partial charge in [0.2, 0.25) is 11.8 Å². The first-order valence-corrected chi connectivity index (χ1v) is 8.58. The summed E-state index contributed by atoms with van der Waals surface area (Å²) in [6.45, 7) is 7.28. The number of anilines is 1. The Morgan fingerprint density at radius 1 is 1.25 bits per heavy atom. The lowest BCUT2D eigenvalue weighted by molar-refractivity contribution is -0.126. The average molecular weight is 331 g/mol. The molecule has 6 nitrogen and oxygen atoms in total. The fourth-order valence-corrected chi connectivity index (χ4v) is 3.16. The number of hydrogen-bond donors (Lipinski definition) is 1. The molecular weight excluding hydrogens is 306 g/mol. The van der Waals surface area contributed by atoms with Crippen molar-refractivity contribution in [1.29, 1.82) is 0 Å². The molecule has 24 heavy (non-hydrogen) atoms. The molecule has 1 atom stereocenters. The highest BCUT2D eigenvalue weighted by Gasteiger charge is 2.34. The SMILES string of the molecule is Cc1ccc(N2C[C@H](C(=O)NCCN3CCOCC3)CC2=O)cc1. The van der Waals surface area contributed by atoms with Crippen LogP contribution in [0, 0.1) is 12.8 Å². The highest BCUT2D eigenvalue weighted by atomic mass is 16.5. The molecule has 2 amide bonds. The molecule has 1 aromatic carbocycles. The van der Waals surface area contributed by atoms with Crippen LogP contribution in [0.3, 0.4) is 0 Å². The van der Waals surface area contributed by atoms with Crippen molar-refractivity contribution in [3.05, 3.63) is 29.8 Å². The number of amides is 2. The Morgan fingerprint density at radius 2 is 1.96 bits per heavy atom. The second-order valence-corrected chi connectivity index (χ2v) is 6.49. The summed E-state index contributed by atoms with van der Waals surface area (Å²) >= 11 is 0. The number of benzene rings is 1. The summed E-state index contributed by atoms with van der Waals surface area (Å²) in [5.41, 5.74) is 2.03. The lowest BCUT2D eigenvalue weighted by Gasteiger charge is -2.26. The van der Waals surface area contributed by atoms with Crippen LogP contribution in [-0.2, 0) is 14.3 Å². The lowest BCUT2D eigenvalue weighted by atomic mass is 10.1. The van der Waals surface area contributed by atoms with Crippen molar-refractivity contribution >= 4 is 17.5 Å². The largest absolute Gasteiger partial charge is 0.379 e. The van der Waals surface area contributed by atoms with E-state index in [1.54, 1.807) is 4.90 Å². The summed E-state index contributed by atoms with van der Waals surface area (Å²) < 4.78 is 5.31. The molecule has 0 bridgehead atoms. The van der Waals surface area contributed by atoms with Gasteiger partial charge in [-0.1, -0.05) is 17.7 Å². The van der Waals surface area contributed by atoms with E-state index in [0.29, 0.717) is 13.1 Å². The molecule has 0 saturated carbocycles. The third-order valence-electron chi connectivity index (χ3n) is 4.67. The monoisotopic (exact) mass is 331 g/mol. The Hall–Kier alpha value is -1.92. The quantitative estimate of drug-likeness (QED) is 0.867. The van der Waals surface area contributed by atoms with Crippen LogP contribution in [0.1, 0.15) is 12.0 Å². The molecule has 0 radical (unpaired) electrons. The van der Waals surface area contributed by atoms with Crippen molar-refractivity contribution < 1.29 is 14.3 Å². The number of rotatable bonds is 5. The molecule has 130 valence electrons. The van der Waals surface area contributed by atoms with E-state index in [0.717, 1.165) is 44.1 Å². The molecular formula is C18H25N3O3. The minimum atomic E-state index is -0.261. The summed E-state index contributed by atoms with van der Waals surface area (Å²) in [5, 5.41) is 2.97. The van der Waals surface area contributed by atoms with Gasteiger partial charge in [0.15, 0.2) is 0 Å². The van der Waals surface area contributed by atoms with Gasteiger partial charge in [0, 0.05) is 44.8 Å².